The summed E-state index contributed by atoms with van der Waals surface area (Å²) in [6.45, 7) is 0. The van der Waals surface area contributed by atoms with Gasteiger partial charge in [-0.3, -0.25) is 4.98 Å². The molecule has 1 heterocycles. The molecule has 3 aromatic rings. The topological polar surface area (TPSA) is 156 Å². The quantitative estimate of drug-likeness (QED) is 0.353. The summed E-state index contributed by atoms with van der Waals surface area (Å²) < 4.78 is 32.2. The summed E-state index contributed by atoms with van der Waals surface area (Å²) in [6, 6.07) is 23.1. The minimum Gasteiger partial charge on any atom is -0.256 e. The highest BCUT2D eigenvalue weighted by Crippen LogP contribution is 2.59. The first-order valence-electron chi connectivity index (χ1n) is 11.4. The number of nitriles is 6. The van der Waals surface area contributed by atoms with Gasteiger partial charge < -0.3 is 0 Å². The number of fused-ring (bicyclic) bond motifs is 2. The van der Waals surface area contributed by atoms with Crippen LogP contribution in [0, 0.1) is 68.0 Å². The maximum absolute atomic E-state index is 16.1. The molecule has 0 saturated heterocycles. The number of benzene rings is 2. The van der Waals surface area contributed by atoms with E-state index in [9.17, 15) is 31.6 Å². The van der Waals surface area contributed by atoms with Gasteiger partial charge in [-0.05, 0) is 23.3 Å². The van der Waals surface area contributed by atoms with E-state index in [2.05, 4.69) is 4.98 Å². The third-order valence-corrected chi connectivity index (χ3v) is 6.53. The number of halogens is 2. The van der Waals surface area contributed by atoms with E-state index in [0.29, 0.717) is 5.56 Å². The summed E-state index contributed by atoms with van der Waals surface area (Å²) in [5.41, 5.74) is -3.21. The molecule has 0 unspecified atom stereocenters. The molecule has 0 atom stereocenters. The van der Waals surface area contributed by atoms with Crippen LogP contribution in [0.5, 0.6) is 0 Å². The van der Waals surface area contributed by atoms with Gasteiger partial charge >= 0.3 is 0 Å². The zero-order valence-electron chi connectivity index (χ0n) is 20.1. The van der Waals surface area contributed by atoms with Crippen molar-refractivity contribution in [3.8, 4) is 58.8 Å². The van der Waals surface area contributed by atoms with Crippen LogP contribution in [0.1, 0.15) is 22.3 Å². The van der Waals surface area contributed by atoms with Crippen LogP contribution in [0.4, 0.5) is 8.78 Å². The molecule has 182 valence electrons. The van der Waals surface area contributed by atoms with Crippen molar-refractivity contribution in [2.75, 3.05) is 0 Å². The number of aromatic nitrogens is 1. The fraction of sp³-hybridized carbons (Fsp3) is 0. The van der Waals surface area contributed by atoms with E-state index < -0.39 is 45.1 Å². The molecule has 2 aliphatic carbocycles. The molecule has 2 aliphatic rings. The first-order chi connectivity index (χ1) is 19.5. The van der Waals surface area contributed by atoms with Gasteiger partial charge in [0.05, 0.1) is 16.8 Å². The number of hydrogen-bond acceptors (Lipinski definition) is 7. The summed E-state index contributed by atoms with van der Waals surface area (Å²) >= 11 is 0. The molecule has 1 aromatic heterocycles. The van der Waals surface area contributed by atoms with Crippen LogP contribution in [0.3, 0.4) is 0 Å². The highest BCUT2D eigenvalue weighted by atomic mass is 19.1. The Kier molecular flexibility index (Phi) is 6.05. The van der Waals surface area contributed by atoms with Crippen molar-refractivity contribution in [3.05, 3.63) is 99.8 Å². The number of allylic oxidation sites excluding steroid dienone is 8. The van der Waals surface area contributed by atoms with Gasteiger partial charge in [0.2, 0.25) is 0 Å². The fourth-order valence-corrected chi connectivity index (χ4v) is 5.05. The van der Waals surface area contributed by atoms with Crippen molar-refractivity contribution in [2.45, 2.75) is 0 Å². The molecule has 7 nitrogen and oxygen atoms in total. The van der Waals surface area contributed by atoms with Crippen molar-refractivity contribution in [1.29, 1.82) is 31.6 Å². The third-order valence-electron chi connectivity index (χ3n) is 6.53. The van der Waals surface area contributed by atoms with Gasteiger partial charge in [0.1, 0.15) is 47.6 Å². The second-order valence-electron chi connectivity index (χ2n) is 8.38. The molecule has 0 aliphatic heterocycles. The van der Waals surface area contributed by atoms with Gasteiger partial charge in [0.15, 0.2) is 11.7 Å². The van der Waals surface area contributed by atoms with Crippen molar-refractivity contribution in [3.63, 3.8) is 0 Å². The van der Waals surface area contributed by atoms with Gasteiger partial charge in [-0.25, -0.2) is 8.78 Å². The Bertz CT molecular complexity index is 1920. The Labute approximate surface area is 226 Å². The lowest BCUT2D eigenvalue weighted by atomic mass is 9.79. The van der Waals surface area contributed by atoms with Gasteiger partial charge in [-0.1, -0.05) is 36.4 Å². The lowest BCUT2D eigenvalue weighted by molar-refractivity contribution is 0.681. The standard InChI is InChI=1S/C31H9F2N7/c32-30-19(14-38)25-27(21-8-4-5-9-40-21)26-20(15-39)31(33)24(18(12-36)13-37)29(26)22(16-6-2-1-3-7-16)28(25)23(30)17(10-34)11-35/h1-9H. The van der Waals surface area contributed by atoms with Crippen molar-refractivity contribution in [1.82, 2.24) is 4.98 Å². The molecule has 5 rings (SSSR count). The first kappa shape index (κ1) is 25.0. The van der Waals surface area contributed by atoms with Gasteiger partial charge in [-0.2, -0.15) is 31.6 Å². The SMILES string of the molecule is N#CC(C#N)=C1C(F)=C(C#N)c2c1c(-c1ccccc1)c1c(c2-c2ccccn2)C(C#N)=C(F)C1=C(C#N)C#N. The van der Waals surface area contributed by atoms with Crippen LogP contribution in [0.2, 0.25) is 0 Å². The van der Waals surface area contributed by atoms with Crippen molar-refractivity contribution in [2.24, 2.45) is 0 Å². The molecule has 0 radical (unpaired) electrons. The predicted molar refractivity (Wildman–Crippen MR) is 139 cm³/mol. The maximum Gasteiger partial charge on any atom is 0.151 e. The largest absolute Gasteiger partial charge is 0.256 e. The second-order valence-corrected chi connectivity index (χ2v) is 8.38. The summed E-state index contributed by atoms with van der Waals surface area (Å²) in [7, 11) is 0. The molecule has 0 amide bonds. The molecule has 0 bridgehead atoms. The monoisotopic (exact) mass is 517 g/mol. The van der Waals surface area contributed by atoms with E-state index in [0.717, 1.165) is 0 Å². The molecule has 0 fully saturated rings. The molecule has 0 saturated carbocycles. The Balaban J connectivity index is 2.23. The van der Waals surface area contributed by atoms with Gasteiger partial charge in [-0.15, -0.1) is 0 Å². The Morgan fingerprint density at radius 2 is 1.02 bits per heavy atom. The lowest BCUT2D eigenvalue weighted by Crippen LogP contribution is -2.05. The number of hydrogen-bond donors (Lipinski definition) is 0. The molecule has 9 heteroatoms. The zero-order chi connectivity index (χ0) is 28.6. The number of pyridine rings is 1. The normalized spacial score (nSPS) is 12.8. The Morgan fingerprint density at radius 3 is 1.43 bits per heavy atom. The maximum atomic E-state index is 16.1. The summed E-state index contributed by atoms with van der Waals surface area (Å²) in [4.78, 5) is 4.31. The molecule has 0 N–H and O–H groups in total. The predicted octanol–water partition coefficient (Wildman–Crippen LogP) is 6.45. The third kappa shape index (κ3) is 3.31. The first-order valence-corrected chi connectivity index (χ1v) is 11.4. The average Bonchev–Trinajstić information content (AvgIpc) is 3.44. The highest BCUT2D eigenvalue weighted by molar-refractivity contribution is 6.20. The van der Waals surface area contributed by atoms with E-state index in [1.165, 1.54) is 12.3 Å². The van der Waals surface area contributed by atoms with E-state index in [-0.39, 0.29) is 39.1 Å². The van der Waals surface area contributed by atoms with Crippen LogP contribution in [0.15, 0.2) is 77.5 Å². The van der Waals surface area contributed by atoms with Crippen LogP contribution >= 0.6 is 0 Å². The fourth-order valence-electron chi connectivity index (χ4n) is 5.05. The number of nitrogens with zero attached hydrogens (tertiary/aromatic N) is 7. The van der Waals surface area contributed by atoms with Crippen LogP contribution in [-0.4, -0.2) is 4.98 Å². The minimum absolute atomic E-state index is 0.0147. The summed E-state index contributed by atoms with van der Waals surface area (Å²) in [5.74, 6) is -2.30. The van der Waals surface area contributed by atoms with Crippen LogP contribution in [-0.2, 0) is 0 Å². The summed E-state index contributed by atoms with van der Waals surface area (Å²) in [6.07, 6.45) is 1.40. The molecule has 0 spiro atoms. The van der Waals surface area contributed by atoms with Crippen molar-refractivity contribution >= 4 is 22.3 Å². The van der Waals surface area contributed by atoms with E-state index >= 15 is 8.78 Å². The Hall–Kier alpha value is -6.65. The lowest BCUT2D eigenvalue weighted by Gasteiger charge is -2.22. The Morgan fingerprint density at radius 1 is 0.550 bits per heavy atom. The molecule has 40 heavy (non-hydrogen) atoms. The average molecular weight is 517 g/mol. The van der Waals surface area contributed by atoms with Crippen LogP contribution in [0.25, 0.3) is 44.7 Å². The minimum atomic E-state index is -1.15. The van der Waals surface area contributed by atoms with E-state index in [1.807, 2.05) is 0 Å². The van der Waals surface area contributed by atoms with Gasteiger partial charge in [0, 0.05) is 45.2 Å². The molecular weight excluding hydrogens is 508 g/mol. The van der Waals surface area contributed by atoms with E-state index in [4.69, 9.17) is 0 Å². The number of rotatable bonds is 2. The van der Waals surface area contributed by atoms with Crippen molar-refractivity contribution < 1.29 is 8.78 Å². The van der Waals surface area contributed by atoms with E-state index in [1.54, 1.807) is 78.9 Å². The smallest absolute Gasteiger partial charge is 0.151 e. The molecule has 2 aromatic carbocycles. The highest BCUT2D eigenvalue weighted by Gasteiger charge is 2.44. The zero-order valence-corrected chi connectivity index (χ0v) is 20.1. The summed E-state index contributed by atoms with van der Waals surface area (Å²) in [5, 5.41) is 59.2. The van der Waals surface area contributed by atoms with Gasteiger partial charge in [0.25, 0.3) is 0 Å². The molecular formula is C31H9F2N7. The van der Waals surface area contributed by atoms with Crippen LogP contribution < -0.4 is 0 Å². The second kappa shape index (κ2) is 9.67.